The van der Waals surface area contributed by atoms with E-state index in [9.17, 15) is 13.6 Å². The Kier molecular flexibility index (Phi) is 8.96. The molecule has 0 saturated carbocycles. The predicted molar refractivity (Wildman–Crippen MR) is 128 cm³/mol. The maximum absolute atomic E-state index is 14.2. The van der Waals surface area contributed by atoms with Gasteiger partial charge in [0.2, 0.25) is 0 Å². The first-order valence-corrected chi connectivity index (χ1v) is 11.5. The van der Waals surface area contributed by atoms with E-state index in [4.69, 9.17) is 9.47 Å². The second-order valence-electron chi connectivity index (χ2n) is 7.45. The Hall–Kier alpha value is -2.33. The normalized spacial score (nSPS) is 14.2. The number of aromatic nitrogens is 1. The summed E-state index contributed by atoms with van der Waals surface area (Å²) in [6.07, 6.45) is 0.718. The minimum atomic E-state index is -0.732. The molecule has 178 valence electrons. The van der Waals surface area contributed by atoms with Crippen molar-refractivity contribution in [2.45, 2.75) is 13.3 Å². The van der Waals surface area contributed by atoms with Crippen LogP contribution < -0.4 is 9.64 Å². The van der Waals surface area contributed by atoms with Gasteiger partial charge in [0.15, 0.2) is 10.9 Å². The van der Waals surface area contributed by atoms with Gasteiger partial charge in [-0.3, -0.25) is 14.6 Å². The Bertz CT molecular complexity index is 1070. The number of hydrogen-bond acceptors (Lipinski definition) is 6. The number of carbonyl (C=O) groups excluding carboxylic acids is 1. The SMILES string of the molecule is CCOc1ccc(C(=O)N(CCCN2CCOCC2)c2nc3c(F)cc(F)cc3s2)cc1.Cl. The number of fused-ring (bicyclic) bond motifs is 1. The minimum Gasteiger partial charge on any atom is -0.494 e. The Labute approximate surface area is 201 Å². The van der Waals surface area contributed by atoms with Crippen molar-refractivity contribution >= 4 is 45.0 Å². The van der Waals surface area contributed by atoms with E-state index in [1.165, 1.54) is 6.07 Å². The summed E-state index contributed by atoms with van der Waals surface area (Å²) in [6, 6.07) is 8.95. The molecule has 6 nitrogen and oxygen atoms in total. The summed E-state index contributed by atoms with van der Waals surface area (Å²) < 4.78 is 39.1. The number of hydrogen-bond donors (Lipinski definition) is 0. The second-order valence-corrected chi connectivity index (χ2v) is 8.46. The molecule has 0 atom stereocenters. The molecule has 1 saturated heterocycles. The van der Waals surface area contributed by atoms with Crippen LogP contribution in [0.5, 0.6) is 5.75 Å². The molecule has 1 fully saturated rings. The van der Waals surface area contributed by atoms with Crippen molar-refractivity contribution in [3.8, 4) is 5.75 Å². The average molecular weight is 498 g/mol. The van der Waals surface area contributed by atoms with Gasteiger partial charge in [0.1, 0.15) is 17.1 Å². The summed E-state index contributed by atoms with van der Waals surface area (Å²) >= 11 is 1.11. The summed E-state index contributed by atoms with van der Waals surface area (Å²) in [7, 11) is 0. The molecule has 0 bridgehead atoms. The predicted octanol–water partition coefficient (Wildman–Crippen LogP) is 4.76. The standard InChI is InChI=1S/C23H25F2N3O3S.ClH/c1-2-31-18-6-4-16(5-7-18)22(29)28(9-3-8-27-10-12-30-13-11-27)23-26-21-19(25)14-17(24)15-20(21)32-23;/h4-7,14-15H,2-3,8-13H2,1H3;1H. The summed E-state index contributed by atoms with van der Waals surface area (Å²) in [4.78, 5) is 21.6. The number of nitrogens with zero attached hydrogens (tertiary/aromatic N) is 3. The number of benzene rings is 2. The number of thiazole rings is 1. The Morgan fingerprint density at radius 2 is 1.94 bits per heavy atom. The number of rotatable bonds is 8. The highest BCUT2D eigenvalue weighted by atomic mass is 35.5. The van der Waals surface area contributed by atoms with E-state index in [0.717, 1.165) is 43.5 Å². The smallest absolute Gasteiger partial charge is 0.260 e. The molecule has 1 aromatic heterocycles. The first-order valence-electron chi connectivity index (χ1n) is 10.7. The number of morpholine rings is 1. The average Bonchev–Trinajstić information content (AvgIpc) is 3.22. The lowest BCUT2D eigenvalue weighted by atomic mass is 10.2. The summed E-state index contributed by atoms with van der Waals surface area (Å²) in [5.74, 6) is -0.957. The molecule has 33 heavy (non-hydrogen) atoms. The fourth-order valence-electron chi connectivity index (χ4n) is 3.64. The zero-order valence-electron chi connectivity index (χ0n) is 18.3. The molecule has 0 radical (unpaired) electrons. The van der Waals surface area contributed by atoms with E-state index in [1.807, 2.05) is 6.92 Å². The van der Waals surface area contributed by atoms with Gasteiger partial charge in [0.05, 0.1) is 24.5 Å². The van der Waals surface area contributed by atoms with Gasteiger partial charge < -0.3 is 9.47 Å². The number of anilines is 1. The fourth-order valence-corrected chi connectivity index (χ4v) is 4.67. The molecular weight excluding hydrogens is 472 g/mol. The van der Waals surface area contributed by atoms with Crippen LogP contribution in [0, 0.1) is 11.6 Å². The van der Waals surface area contributed by atoms with E-state index in [2.05, 4.69) is 9.88 Å². The van der Waals surface area contributed by atoms with Crippen molar-refractivity contribution in [1.82, 2.24) is 9.88 Å². The fraction of sp³-hybridized carbons (Fsp3) is 0.391. The van der Waals surface area contributed by atoms with Gasteiger partial charge in [-0.1, -0.05) is 11.3 Å². The Balaban J connectivity index is 0.00000306. The molecule has 1 amide bonds. The van der Waals surface area contributed by atoms with Crippen LogP contribution in [-0.2, 0) is 4.74 Å². The molecule has 0 N–H and O–H groups in total. The van der Waals surface area contributed by atoms with Crippen molar-refractivity contribution in [3.05, 3.63) is 53.6 Å². The highest BCUT2D eigenvalue weighted by molar-refractivity contribution is 7.22. The molecule has 10 heteroatoms. The Morgan fingerprint density at radius 3 is 2.64 bits per heavy atom. The van der Waals surface area contributed by atoms with Crippen LogP contribution in [0.3, 0.4) is 0 Å². The zero-order chi connectivity index (χ0) is 22.5. The van der Waals surface area contributed by atoms with Crippen LogP contribution in [-0.4, -0.2) is 61.8 Å². The summed E-state index contributed by atoms with van der Waals surface area (Å²) in [5.41, 5.74) is 0.551. The molecule has 0 aliphatic carbocycles. The number of halogens is 3. The van der Waals surface area contributed by atoms with Gasteiger partial charge in [-0.25, -0.2) is 13.8 Å². The van der Waals surface area contributed by atoms with E-state index < -0.39 is 11.6 Å². The maximum Gasteiger partial charge on any atom is 0.260 e. The second kappa shape index (κ2) is 11.7. The van der Waals surface area contributed by atoms with Crippen molar-refractivity contribution in [3.63, 3.8) is 0 Å². The van der Waals surface area contributed by atoms with Crippen LogP contribution in [0.4, 0.5) is 13.9 Å². The largest absolute Gasteiger partial charge is 0.494 e. The lowest BCUT2D eigenvalue weighted by Gasteiger charge is -2.27. The molecule has 0 spiro atoms. The first-order chi connectivity index (χ1) is 15.5. The third-order valence-electron chi connectivity index (χ3n) is 5.25. The quantitative estimate of drug-likeness (QED) is 0.449. The molecule has 1 aliphatic rings. The van der Waals surface area contributed by atoms with Crippen LogP contribution in [0.1, 0.15) is 23.7 Å². The first kappa shape index (κ1) is 25.3. The maximum atomic E-state index is 14.2. The van der Waals surface area contributed by atoms with E-state index in [1.54, 1.807) is 29.2 Å². The van der Waals surface area contributed by atoms with Gasteiger partial charge in [-0.05, 0) is 43.7 Å². The molecule has 3 aromatic rings. The third kappa shape index (κ3) is 6.17. The molecule has 4 rings (SSSR count). The molecule has 1 aliphatic heterocycles. The highest BCUT2D eigenvalue weighted by Gasteiger charge is 2.23. The lowest BCUT2D eigenvalue weighted by Crippen LogP contribution is -2.39. The van der Waals surface area contributed by atoms with Crippen molar-refractivity contribution in [2.75, 3.05) is 50.9 Å². The molecule has 0 unspecified atom stereocenters. The van der Waals surface area contributed by atoms with Crippen LogP contribution in [0.25, 0.3) is 10.2 Å². The minimum absolute atomic E-state index is 0. The van der Waals surface area contributed by atoms with Crippen molar-refractivity contribution in [2.24, 2.45) is 0 Å². The molecule has 2 heterocycles. The summed E-state index contributed by atoms with van der Waals surface area (Å²) in [6.45, 7) is 6.78. The number of ether oxygens (including phenoxy) is 2. The van der Waals surface area contributed by atoms with Crippen molar-refractivity contribution < 1.29 is 23.0 Å². The van der Waals surface area contributed by atoms with Crippen LogP contribution >= 0.6 is 23.7 Å². The zero-order valence-corrected chi connectivity index (χ0v) is 19.9. The van der Waals surface area contributed by atoms with E-state index in [-0.39, 0.29) is 23.8 Å². The summed E-state index contributed by atoms with van der Waals surface area (Å²) in [5, 5.41) is 0.352. The topological polar surface area (TPSA) is 54.9 Å². The van der Waals surface area contributed by atoms with Gasteiger partial charge in [0, 0.05) is 37.8 Å². The van der Waals surface area contributed by atoms with Crippen molar-refractivity contribution in [1.29, 1.82) is 0 Å². The van der Waals surface area contributed by atoms with Gasteiger partial charge >= 0.3 is 0 Å². The van der Waals surface area contributed by atoms with Gasteiger partial charge in [0.25, 0.3) is 5.91 Å². The van der Waals surface area contributed by atoms with Crippen LogP contribution in [0.15, 0.2) is 36.4 Å². The van der Waals surface area contributed by atoms with Crippen LogP contribution in [0.2, 0.25) is 0 Å². The van der Waals surface area contributed by atoms with Gasteiger partial charge in [-0.2, -0.15) is 0 Å². The number of amides is 1. The lowest BCUT2D eigenvalue weighted by molar-refractivity contribution is 0.0376. The van der Waals surface area contributed by atoms with Gasteiger partial charge in [-0.15, -0.1) is 12.4 Å². The third-order valence-corrected chi connectivity index (χ3v) is 6.28. The molecule has 2 aromatic carbocycles. The molecular formula is C23H26ClF2N3O3S. The Morgan fingerprint density at radius 1 is 1.21 bits per heavy atom. The van der Waals surface area contributed by atoms with E-state index in [0.29, 0.717) is 47.5 Å². The monoisotopic (exact) mass is 497 g/mol. The highest BCUT2D eigenvalue weighted by Crippen LogP contribution is 2.32. The van der Waals surface area contributed by atoms with E-state index >= 15 is 0 Å². The number of carbonyl (C=O) groups is 1.